The molecule has 0 saturated carbocycles. The second-order valence-electron chi connectivity index (χ2n) is 4.70. The van der Waals surface area contributed by atoms with Gasteiger partial charge in [0.15, 0.2) is 0 Å². The van der Waals surface area contributed by atoms with Crippen molar-refractivity contribution in [1.82, 2.24) is 4.90 Å². The highest BCUT2D eigenvalue weighted by Gasteiger charge is 2.25. The van der Waals surface area contributed by atoms with Crippen LogP contribution in [0.5, 0.6) is 5.75 Å². The van der Waals surface area contributed by atoms with Crippen LogP contribution in [-0.4, -0.2) is 36.2 Å². The fraction of sp³-hybridized carbons (Fsp3) is 0.571. The molecule has 1 aliphatic rings. The third-order valence-electron chi connectivity index (χ3n) is 3.63. The molecular formula is C14H21NO2. The Bertz CT molecular complexity index is 344. The van der Waals surface area contributed by atoms with Gasteiger partial charge in [-0.25, -0.2) is 0 Å². The predicted molar refractivity (Wildman–Crippen MR) is 68.2 cm³/mol. The van der Waals surface area contributed by atoms with E-state index in [0.29, 0.717) is 0 Å². The molecule has 0 radical (unpaired) electrons. The quantitative estimate of drug-likeness (QED) is 0.868. The average molecular weight is 235 g/mol. The van der Waals surface area contributed by atoms with E-state index in [9.17, 15) is 5.11 Å². The summed E-state index contributed by atoms with van der Waals surface area (Å²) in [5.41, 5.74) is 0.963. The summed E-state index contributed by atoms with van der Waals surface area (Å²) in [4.78, 5) is 2.36. The second-order valence-corrected chi connectivity index (χ2v) is 4.70. The summed E-state index contributed by atoms with van der Waals surface area (Å²) in [6.07, 6.45) is 2.08. The lowest BCUT2D eigenvalue weighted by molar-refractivity contribution is 0.0715. The Morgan fingerprint density at radius 2 is 1.76 bits per heavy atom. The molecule has 0 aliphatic carbocycles. The van der Waals surface area contributed by atoms with E-state index in [2.05, 4.69) is 11.8 Å². The SMILES string of the molecule is COc1ccc(C(O)C(C)N2CCCC2)cc1. The molecule has 1 fully saturated rings. The van der Waals surface area contributed by atoms with Crippen LogP contribution >= 0.6 is 0 Å². The zero-order valence-corrected chi connectivity index (χ0v) is 10.6. The van der Waals surface area contributed by atoms with E-state index in [1.165, 1.54) is 12.8 Å². The molecule has 0 bridgehead atoms. The van der Waals surface area contributed by atoms with Gasteiger partial charge in [-0.15, -0.1) is 0 Å². The number of aliphatic hydroxyl groups excluding tert-OH is 1. The zero-order valence-electron chi connectivity index (χ0n) is 10.6. The van der Waals surface area contributed by atoms with Gasteiger partial charge in [0.2, 0.25) is 0 Å². The maximum atomic E-state index is 10.3. The first-order valence-corrected chi connectivity index (χ1v) is 6.28. The average Bonchev–Trinajstić information content (AvgIpc) is 2.91. The molecular weight excluding hydrogens is 214 g/mol. The first-order valence-electron chi connectivity index (χ1n) is 6.28. The van der Waals surface area contributed by atoms with Crippen LogP contribution in [0.1, 0.15) is 31.4 Å². The topological polar surface area (TPSA) is 32.7 Å². The molecule has 2 atom stereocenters. The third-order valence-corrected chi connectivity index (χ3v) is 3.63. The third kappa shape index (κ3) is 2.79. The Hall–Kier alpha value is -1.06. The number of methoxy groups -OCH3 is 1. The number of nitrogens with zero attached hydrogens (tertiary/aromatic N) is 1. The van der Waals surface area contributed by atoms with Crippen LogP contribution < -0.4 is 4.74 Å². The van der Waals surface area contributed by atoms with E-state index < -0.39 is 6.10 Å². The second kappa shape index (κ2) is 5.52. The van der Waals surface area contributed by atoms with Crippen molar-refractivity contribution in [1.29, 1.82) is 0 Å². The highest BCUT2D eigenvalue weighted by atomic mass is 16.5. The minimum Gasteiger partial charge on any atom is -0.497 e. The molecule has 0 amide bonds. The Kier molecular flexibility index (Phi) is 4.02. The Labute approximate surface area is 103 Å². The summed E-state index contributed by atoms with van der Waals surface area (Å²) in [6, 6.07) is 7.86. The molecule has 1 heterocycles. The Balaban J connectivity index is 2.04. The first-order chi connectivity index (χ1) is 8.22. The molecule has 0 aromatic heterocycles. The zero-order chi connectivity index (χ0) is 12.3. The van der Waals surface area contributed by atoms with Crippen LogP contribution in [-0.2, 0) is 0 Å². The van der Waals surface area contributed by atoms with Crippen molar-refractivity contribution in [2.45, 2.75) is 31.9 Å². The summed E-state index contributed by atoms with van der Waals surface area (Å²) in [7, 11) is 1.65. The van der Waals surface area contributed by atoms with Crippen LogP contribution in [0.15, 0.2) is 24.3 Å². The number of hydrogen-bond donors (Lipinski definition) is 1. The van der Waals surface area contributed by atoms with Crippen molar-refractivity contribution in [2.24, 2.45) is 0 Å². The van der Waals surface area contributed by atoms with Gasteiger partial charge in [0.25, 0.3) is 0 Å². The predicted octanol–water partition coefficient (Wildman–Crippen LogP) is 2.21. The van der Waals surface area contributed by atoms with Gasteiger partial charge >= 0.3 is 0 Å². The van der Waals surface area contributed by atoms with Gasteiger partial charge in [-0.2, -0.15) is 0 Å². The van der Waals surface area contributed by atoms with Crippen LogP contribution in [0.25, 0.3) is 0 Å². The molecule has 3 nitrogen and oxygen atoms in total. The number of aliphatic hydroxyl groups is 1. The summed E-state index contributed by atoms with van der Waals surface area (Å²) in [6.45, 7) is 4.31. The van der Waals surface area contributed by atoms with Crippen molar-refractivity contribution in [3.8, 4) is 5.75 Å². The molecule has 1 aromatic carbocycles. The maximum absolute atomic E-state index is 10.3. The van der Waals surface area contributed by atoms with Gasteiger partial charge in [-0.3, -0.25) is 4.90 Å². The van der Waals surface area contributed by atoms with Crippen molar-refractivity contribution in [3.63, 3.8) is 0 Å². The molecule has 94 valence electrons. The number of likely N-dealkylation sites (tertiary alicyclic amines) is 1. The number of hydrogen-bond acceptors (Lipinski definition) is 3. The molecule has 1 N–H and O–H groups in total. The van der Waals surface area contributed by atoms with Gasteiger partial charge < -0.3 is 9.84 Å². The molecule has 1 aromatic rings. The van der Waals surface area contributed by atoms with Crippen LogP contribution in [0.2, 0.25) is 0 Å². The van der Waals surface area contributed by atoms with E-state index in [1.54, 1.807) is 7.11 Å². The van der Waals surface area contributed by atoms with Crippen LogP contribution in [0.3, 0.4) is 0 Å². The molecule has 2 rings (SSSR count). The lowest BCUT2D eigenvalue weighted by Crippen LogP contribution is -2.35. The Morgan fingerprint density at radius 3 is 2.29 bits per heavy atom. The van der Waals surface area contributed by atoms with E-state index >= 15 is 0 Å². The van der Waals surface area contributed by atoms with Gasteiger partial charge in [0.1, 0.15) is 5.75 Å². The molecule has 1 saturated heterocycles. The first kappa shape index (κ1) is 12.4. The lowest BCUT2D eigenvalue weighted by Gasteiger charge is -2.28. The fourth-order valence-corrected chi connectivity index (χ4v) is 2.43. The number of ether oxygens (including phenoxy) is 1. The van der Waals surface area contributed by atoms with Crippen molar-refractivity contribution in [3.05, 3.63) is 29.8 Å². The Morgan fingerprint density at radius 1 is 1.18 bits per heavy atom. The minimum absolute atomic E-state index is 0.186. The number of rotatable bonds is 4. The maximum Gasteiger partial charge on any atom is 0.118 e. The smallest absolute Gasteiger partial charge is 0.118 e. The van der Waals surface area contributed by atoms with E-state index in [0.717, 1.165) is 24.4 Å². The molecule has 3 heteroatoms. The summed E-state index contributed by atoms with van der Waals surface area (Å²) < 4.78 is 5.12. The van der Waals surface area contributed by atoms with Gasteiger partial charge in [-0.05, 0) is 50.6 Å². The van der Waals surface area contributed by atoms with Gasteiger partial charge in [0.05, 0.1) is 13.2 Å². The molecule has 1 aliphatic heterocycles. The highest BCUT2D eigenvalue weighted by molar-refractivity contribution is 5.29. The van der Waals surface area contributed by atoms with E-state index in [1.807, 2.05) is 24.3 Å². The van der Waals surface area contributed by atoms with E-state index in [4.69, 9.17) is 4.74 Å². The van der Waals surface area contributed by atoms with Crippen molar-refractivity contribution in [2.75, 3.05) is 20.2 Å². The summed E-state index contributed by atoms with van der Waals surface area (Å²) in [5.74, 6) is 0.828. The van der Waals surface area contributed by atoms with Gasteiger partial charge in [-0.1, -0.05) is 12.1 Å². The summed E-state index contributed by atoms with van der Waals surface area (Å²) in [5, 5.41) is 10.3. The lowest BCUT2D eigenvalue weighted by atomic mass is 10.0. The van der Waals surface area contributed by atoms with Crippen molar-refractivity contribution >= 4 is 0 Å². The standard InChI is InChI=1S/C14H21NO2/c1-11(15-9-3-4-10-15)14(16)12-5-7-13(17-2)8-6-12/h5-8,11,14,16H,3-4,9-10H2,1-2H3. The van der Waals surface area contributed by atoms with Gasteiger partial charge in [0, 0.05) is 6.04 Å². The molecule has 2 unspecified atom stereocenters. The van der Waals surface area contributed by atoms with Crippen LogP contribution in [0.4, 0.5) is 0 Å². The highest BCUT2D eigenvalue weighted by Crippen LogP contribution is 2.25. The fourth-order valence-electron chi connectivity index (χ4n) is 2.43. The minimum atomic E-state index is -0.418. The largest absolute Gasteiger partial charge is 0.497 e. The summed E-state index contributed by atoms with van der Waals surface area (Å²) >= 11 is 0. The normalized spacial score (nSPS) is 20.2. The monoisotopic (exact) mass is 235 g/mol. The van der Waals surface area contributed by atoms with Crippen LogP contribution in [0, 0.1) is 0 Å². The van der Waals surface area contributed by atoms with E-state index in [-0.39, 0.29) is 6.04 Å². The van der Waals surface area contributed by atoms with Crippen molar-refractivity contribution < 1.29 is 9.84 Å². The molecule has 0 spiro atoms. The molecule has 17 heavy (non-hydrogen) atoms. The number of benzene rings is 1.